The lowest BCUT2D eigenvalue weighted by Crippen LogP contribution is -2.26. The molecule has 1 heterocycles. The van der Waals surface area contributed by atoms with E-state index in [0.29, 0.717) is 0 Å². The first-order valence-corrected chi connectivity index (χ1v) is 10.2. The highest BCUT2D eigenvalue weighted by Gasteiger charge is 2.23. The van der Waals surface area contributed by atoms with Crippen LogP contribution in [0.5, 0.6) is 0 Å². The monoisotopic (exact) mass is 275 g/mol. The van der Waals surface area contributed by atoms with Crippen molar-refractivity contribution in [2.24, 2.45) is 0 Å². The van der Waals surface area contributed by atoms with Gasteiger partial charge in [-0.1, -0.05) is 37.8 Å². The summed E-state index contributed by atoms with van der Waals surface area (Å²) in [5.74, 6) is 0. The summed E-state index contributed by atoms with van der Waals surface area (Å²) in [5, 5.41) is 0.995. The van der Waals surface area contributed by atoms with Crippen molar-refractivity contribution in [3.63, 3.8) is 0 Å². The molecule has 102 valence electrons. The van der Waals surface area contributed by atoms with E-state index in [-0.39, 0.29) is 6.23 Å². The van der Waals surface area contributed by atoms with Crippen molar-refractivity contribution in [3.05, 3.63) is 36.0 Å². The number of fused-ring (bicyclic) bond motifs is 1. The van der Waals surface area contributed by atoms with Crippen LogP contribution >= 0.6 is 0 Å². The summed E-state index contributed by atoms with van der Waals surface area (Å²) < 4.78 is 7.75. The minimum atomic E-state index is -1.25. The van der Waals surface area contributed by atoms with E-state index < -0.39 is 8.07 Å². The van der Waals surface area contributed by atoms with Gasteiger partial charge in [0.25, 0.3) is 0 Å². The molecule has 0 N–H and O–H groups in total. The average molecular weight is 275 g/mol. The number of benzene rings is 1. The van der Waals surface area contributed by atoms with E-state index in [1.807, 2.05) is 30.5 Å². The topological polar surface area (TPSA) is 31.2 Å². The second kappa shape index (κ2) is 5.31. The Morgan fingerprint density at radius 3 is 2.58 bits per heavy atom. The summed E-state index contributed by atoms with van der Waals surface area (Å²) in [5.41, 5.74) is 1.79. The maximum absolute atomic E-state index is 11.2. The number of ether oxygens (including phenoxy) is 1. The number of nitrogens with zero attached hydrogens (tertiary/aromatic N) is 1. The molecule has 2 aromatic rings. The Balaban J connectivity index is 2.51. The standard InChI is InChI=1S/C15H21NO2Si/c1-18-15(11-19(2,3)4)16-9-12(10-17)13-7-5-6-8-14(13)16/h5-10,15H,11H2,1-4H3. The molecule has 0 aliphatic heterocycles. The molecule has 0 saturated carbocycles. The SMILES string of the molecule is COC(C[Si](C)(C)C)n1cc(C=O)c2ccccc21. The number of carbonyl (C=O) groups is 1. The van der Waals surface area contributed by atoms with Crippen molar-refractivity contribution >= 4 is 25.3 Å². The van der Waals surface area contributed by atoms with Gasteiger partial charge in [-0.15, -0.1) is 0 Å². The Kier molecular flexibility index (Phi) is 3.92. The molecule has 0 saturated heterocycles. The van der Waals surface area contributed by atoms with Crippen molar-refractivity contribution in [2.75, 3.05) is 7.11 Å². The molecule has 2 rings (SSSR count). The molecule has 1 aromatic heterocycles. The van der Waals surface area contributed by atoms with Gasteiger partial charge in [0.2, 0.25) is 0 Å². The Bertz CT molecular complexity index is 583. The van der Waals surface area contributed by atoms with Gasteiger partial charge in [0.15, 0.2) is 6.29 Å². The van der Waals surface area contributed by atoms with Crippen LogP contribution in [0.15, 0.2) is 30.5 Å². The normalized spacial score (nSPS) is 13.7. The van der Waals surface area contributed by atoms with Crippen LogP contribution in [0.2, 0.25) is 25.7 Å². The van der Waals surface area contributed by atoms with Crippen LogP contribution in [-0.4, -0.2) is 26.0 Å². The Labute approximate surface area is 115 Å². The Hall–Kier alpha value is -1.39. The third kappa shape index (κ3) is 2.96. The summed E-state index contributed by atoms with van der Waals surface area (Å²) in [6, 6.07) is 9.00. The number of hydrogen-bond acceptors (Lipinski definition) is 2. The summed E-state index contributed by atoms with van der Waals surface area (Å²) in [6.07, 6.45) is 2.83. The van der Waals surface area contributed by atoms with Crippen molar-refractivity contribution < 1.29 is 9.53 Å². The molecule has 4 heteroatoms. The summed E-state index contributed by atoms with van der Waals surface area (Å²) in [7, 11) is 0.490. The molecule has 1 atom stereocenters. The number of methoxy groups -OCH3 is 1. The largest absolute Gasteiger partial charge is 0.362 e. The van der Waals surface area contributed by atoms with Gasteiger partial charge < -0.3 is 9.30 Å². The summed E-state index contributed by atoms with van der Waals surface area (Å²) in [4.78, 5) is 11.2. The first-order chi connectivity index (χ1) is 8.96. The van der Waals surface area contributed by atoms with Crippen LogP contribution in [0.3, 0.4) is 0 Å². The molecule has 0 spiro atoms. The number of para-hydroxylation sites is 1. The van der Waals surface area contributed by atoms with Gasteiger partial charge in [-0.3, -0.25) is 4.79 Å². The van der Waals surface area contributed by atoms with Crippen LogP contribution in [-0.2, 0) is 4.74 Å². The van der Waals surface area contributed by atoms with E-state index in [2.05, 4.69) is 24.2 Å². The highest BCUT2D eigenvalue weighted by Crippen LogP contribution is 2.29. The zero-order valence-electron chi connectivity index (χ0n) is 12.0. The average Bonchev–Trinajstić information content (AvgIpc) is 2.74. The molecule has 0 amide bonds. The number of carbonyl (C=O) groups excluding carboxylic acids is 1. The van der Waals surface area contributed by atoms with E-state index in [1.54, 1.807) is 7.11 Å². The van der Waals surface area contributed by atoms with Gasteiger partial charge >= 0.3 is 0 Å². The van der Waals surface area contributed by atoms with E-state index in [0.717, 1.165) is 28.8 Å². The van der Waals surface area contributed by atoms with Crippen molar-refractivity contribution in [1.82, 2.24) is 4.57 Å². The maximum atomic E-state index is 11.2. The Morgan fingerprint density at radius 1 is 1.32 bits per heavy atom. The van der Waals surface area contributed by atoms with Crippen molar-refractivity contribution in [1.29, 1.82) is 0 Å². The van der Waals surface area contributed by atoms with Gasteiger partial charge in [-0.05, 0) is 12.1 Å². The fourth-order valence-electron chi connectivity index (χ4n) is 2.38. The lowest BCUT2D eigenvalue weighted by atomic mass is 10.2. The molecule has 19 heavy (non-hydrogen) atoms. The molecular formula is C15H21NO2Si. The molecule has 1 unspecified atom stereocenters. The minimum Gasteiger partial charge on any atom is -0.362 e. The molecule has 0 aliphatic rings. The maximum Gasteiger partial charge on any atom is 0.152 e. The zero-order chi connectivity index (χ0) is 14.0. The minimum absolute atomic E-state index is 0.00488. The van der Waals surface area contributed by atoms with Crippen LogP contribution in [0.4, 0.5) is 0 Å². The molecule has 0 bridgehead atoms. The fraction of sp³-hybridized carbons (Fsp3) is 0.400. The third-order valence-corrected chi connectivity index (χ3v) is 4.84. The quantitative estimate of drug-likeness (QED) is 0.611. The predicted molar refractivity (Wildman–Crippen MR) is 81.5 cm³/mol. The van der Waals surface area contributed by atoms with E-state index in [9.17, 15) is 4.79 Å². The van der Waals surface area contributed by atoms with Gasteiger partial charge in [-0.25, -0.2) is 0 Å². The van der Waals surface area contributed by atoms with Gasteiger partial charge in [0, 0.05) is 32.3 Å². The number of aldehydes is 1. The van der Waals surface area contributed by atoms with E-state index in [1.165, 1.54) is 0 Å². The van der Waals surface area contributed by atoms with Gasteiger partial charge in [0.1, 0.15) is 6.23 Å². The molecule has 0 fully saturated rings. The van der Waals surface area contributed by atoms with Crippen LogP contribution in [0, 0.1) is 0 Å². The van der Waals surface area contributed by atoms with Crippen LogP contribution < -0.4 is 0 Å². The first-order valence-electron chi connectivity index (χ1n) is 6.54. The number of rotatable bonds is 5. The molecule has 1 aromatic carbocycles. The lowest BCUT2D eigenvalue weighted by molar-refractivity contribution is 0.0630. The number of hydrogen-bond donors (Lipinski definition) is 0. The highest BCUT2D eigenvalue weighted by molar-refractivity contribution is 6.76. The van der Waals surface area contributed by atoms with Crippen molar-refractivity contribution in [3.8, 4) is 0 Å². The number of aromatic nitrogens is 1. The van der Waals surface area contributed by atoms with E-state index >= 15 is 0 Å². The molecule has 0 aliphatic carbocycles. The first kappa shape index (κ1) is 14.0. The van der Waals surface area contributed by atoms with Gasteiger partial charge in [-0.2, -0.15) is 0 Å². The molecule has 0 radical (unpaired) electrons. The smallest absolute Gasteiger partial charge is 0.152 e. The molecule has 3 nitrogen and oxygen atoms in total. The highest BCUT2D eigenvalue weighted by atomic mass is 28.3. The van der Waals surface area contributed by atoms with E-state index in [4.69, 9.17) is 4.74 Å². The lowest BCUT2D eigenvalue weighted by Gasteiger charge is -2.25. The van der Waals surface area contributed by atoms with Gasteiger partial charge in [0.05, 0.1) is 5.52 Å². The predicted octanol–water partition coefficient (Wildman–Crippen LogP) is 3.94. The fourth-order valence-corrected chi connectivity index (χ4v) is 3.79. The van der Waals surface area contributed by atoms with Crippen LogP contribution in [0.1, 0.15) is 16.6 Å². The second-order valence-corrected chi connectivity index (χ2v) is 11.6. The molecular weight excluding hydrogens is 254 g/mol. The van der Waals surface area contributed by atoms with Crippen molar-refractivity contribution in [2.45, 2.75) is 31.9 Å². The zero-order valence-corrected chi connectivity index (χ0v) is 13.0. The summed E-state index contributed by atoms with van der Waals surface area (Å²) in [6.45, 7) is 6.97. The second-order valence-electron chi connectivity index (χ2n) is 6.08. The summed E-state index contributed by atoms with van der Waals surface area (Å²) >= 11 is 0. The van der Waals surface area contributed by atoms with Crippen LogP contribution in [0.25, 0.3) is 10.9 Å². The third-order valence-electron chi connectivity index (χ3n) is 3.27. The Morgan fingerprint density at radius 2 is 2.00 bits per heavy atom.